The normalized spacial score (nSPS) is 9.90. The molecule has 0 aliphatic carbocycles. The summed E-state index contributed by atoms with van der Waals surface area (Å²) in [4.78, 5) is 3.26. The summed E-state index contributed by atoms with van der Waals surface area (Å²) in [5.74, 6) is 0.0926. The molecule has 0 aliphatic rings. The van der Waals surface area contributed by atoms with Crippen LogP contribution in [-0.2, 0) is 0 Å². The Morgan fingerprint density at radius 3 is 1.48 bits per heavy atom. The van der Waals surface area contributed by atoms with Crippen LogP contribution in [-0.4, -0.2) is 16.7 Å². The molecule has 1 aromatic heterocycles. The summed E-state index contributed by atoms with van der Waals surface area (Å²) in [6.07, 6.45) is 0. The molecule has 0 radical (unpaired) electrons. The smallest absolute Gasteiger partial charge is 0.122 e. The van der Waals surface area contributed by atoms with Gasteiger partial charge in [0.15, 0.2) is 0 Å². The van der Waals surface area contributed by atoms with Crippen molar-refractivity contribution in [1.82, 2.24) is 4.98 Å². The molecular weight excluding hydrogens is 309 g/mol. The van der Waals surface area contributed by atoms with Gasteiger partial charge in [-0.15, -0.1) is 24.8 Å². The second-order valence-electron chi connectivity index (χ2n) is 4.47. The van der Waals surface area contributed by atoms with Gasteiger partial charge in [-0.3, -0.25) is 10.8 Å². The number of fused-ring (bicyclic) bond motifs is 3. The highest BCUT2D eigenvalue weighted by molar-refractivity contribution is 6.11. The molecule has 1 heterocycles. The zero-order valence-corrected chi connectivity index (χ0v) is 12.6. The Labute approximate surface area is 133 Å². The Morgan fingerprint density at radius 1 is 0.762 bits per heavy atom. The Morgan fingerprint density at radius 2 is 1.14 bits per heavy atom. The molecule has 0 amide bonds. The van der Waals surface area contributed by atoms with Crippen LogP contribution in [0, 0.1) is 10.8 Å². The van der Waals surface area contributed by atoms with Crippen molar-refractivity contribution in [3.05, 3.63) is 47.5 Å². The first-order valence-corrected chi connectivity index (χ1v) is 5.80. The molecule has 0 bridgehead atoms. The third-order valence-electron chi connectivity index (χ3n) is 3.22. The lowest BCUT2D eigenvalue weighted by Crippen LogP contribution is -2.10. The number of H-pyrrole nitrogens is 1. The standard InChI is InChI=1S/C14H13N5.2ClH/c15-13(16)7-1-3-9-10-4-2-8(14(17)18)6-12(10)19-11(9)5-7;;/h1-6,19H,(H3,15,16)(H3,17,18);2*1H. The third kappa shape index (κ3) is 2.79. The van der Waals surface area contributed by atoms with Gasteiger partial charge in [0, 0.05) is 32.9 Å². The lowest BCUT2D eigenvalue weighted by atomic mass is 10.1. The van der Waals surface area contributed by atoms with E-state index >= 15 is 0 Å². The van der Waals surface area contributed by atoms with Gasteiger partial charge in [-0.05, 0) is 12.1 Å². The molecule has 7 heteroatoms. The van der Waals surface area contributed by atoms with Crippen LogP contribution >= 0.6 is 24.8 Å². The van der Waals surface area contributed by atoms with Gasteiger partial charge >= 0.3 is 0 Å². The van der Waals surface area contributed by atoms with Crippen molar-refractivity contribution in [2.24, 2.45) is 11.5 Å². The molecular formula is C14H15Cl2N5. The summed E-state index contributed by atoms with van der Waals surface area (Å²) in [7, 11) is 0. The largest absolute Gasteiger partial charge is 0.384 e. The van der Waals surface area contributed by atoms with Crippen LogP contribution in [0.25, 0.3) is 21.8 Å². The van der Waals surface area contributed by atoms with Gasteiger partial charge in [-0.1, -0.05) is 24.3 Å². The fourth-order valence-corrected chi connectivity index (χ4v) is 2.25. The molecule has 0 saturated heterocycles. The summed E-state index contributed by atoms with van der Waals surface area (Å²) in [5.41, 5.74) is 14.2. The molecule has 5 nitrogen and oxygen atoms in total. The van der Waals surface area contributed by atoms with Gasteiger partial charge in [-0.2, -0.15) is 0 Å². The van der Waals surface area contributed by atoms with Gasteiger partial charge < -0.3 is 16.5 Å². The van der Waals surface area contributed by atoms with E-state index in [9.17, 15) is 0 Å². The van der Waals surface area contributed by atoms with E-state index in [1.165, 1.54) is 0 Å². The summed E-state index contributed by atoms with van der Waals surface area (Å²) in [6.45, 7) is 0. The van der Waals surface area contributed by atoms with Gasteiger partial charge in [0.05, 0.1) is 0 Å². The van der Waals surface area contributed by atoms with E-state index in [-0.39, 0.29) is 36.5 Å². The minimum Gasteiger partial charge on any atom is -0.384 e. The summed E-state index contributed by atoms with van der Waals surface area (Å²) < 4.78 is 0. The van der Waals surface area contributed by atoms with E-state index in [1.807, 2.05) is 36.4 Å². The molecule has 2 aromatic carbocycles. The van der Waals surface area contributed by atoms with Crippen LogP contribution in [0.5, 0.6) is 0 Å². The number of hydrogen-bond acceptors (Lipinski definition) is 2. The Bertz CT molecular complexity index is 770. The fourth-order valence-electron chi connectivity index (χ4n) is 2.25. The zero-order valence-electron chi connectivity index (χ0n) is 10.9. The highest BCUT2D eigenvalue weighted by Gasteiger charge is 2.07. The molecule has 3 aromatic rings. The van der Waals surface area contributed by atoms with E-state index in [2.05, 4.69) is 4.98 Å². The van der Waals surface area contributed by atoms with E-state index < -0.39 is 0 Å². The van der Waals surface area contributed by atoms with Crippen LogP contribution < -0.4 is 11.5 Å². The van der Waals surface area contributed by atoms with E-state index in [4.69, 9.17) is 22.3 Å². The Balaban J connectivity index is 0.00000110. The van der Waals surface area contributed by atoms with Gasteiger partial charge in [-0.25, -0.2) is 0 Å². The number of aromatic amines is 1. The molecule has 0 spiro atoms. The number of nitrogens with one attached hydrogen (secondary N) is 3. The van der Waals surface area contributed by atoms with Crippen LogP contribution in [0.15, 0.2) is 36.4 Å². The number of aromatic nitrogens is 1. The second kappa shape index (κ2) is 6.03. The molecule has 0 aliphatic heterocycles. The van der Waals surface area contributed by atoms with E-state index in [1.54, 1.807) is 0 Å². The number of rotatable bonds is 2. The molecule has 3 rings (SSSR count). The van der Waals surface area contributed by atoms with Crippen molar-refractivity contribution in [3.8, 4) is 0 Å². The van der Waals surface area contributed by atoms with E-state index in [0.717, 1.165) is 21.8 Å². The van der Waals surface area contributed by atoms with Crippen molar-refractivity contribution in [1.29, 1.82) is 10.8 Å². The first-order valence-electron chi connectivity index (χ1n) is 5.80. The average molecular weight is 324 g/mol. The maximum absolute atomic E-state index is 7.45. The molecule has 0 fully saturated rings. The average Bonchev–Trinajstić information content (AvgIpc) is 2.74. The van der Waals surface area contributed by atoms with Crippen molar-refractivity contribution in [2.75, 3.05) is 0 Å². The Hall–Kier alpha value is -2.24. The Kier molecular flexibility index (Phi) is 4.83. The first kappa shape index (κ1) is 16.8. The number of nitrogen functional groups attached to an aromatic ring is 2. The quantitative estimate of drug-likeness (QED) is 0.368. The van der Waals surface area contributed by atoms with Crippen LogP contribution in [0.3, 0.4) is 0 Å². The van der Waals surface area contributed by atoms with Crippen molar-refractivity contribution >= 4 is 58.3 Å². The highest BCUT2D eigenvalue weighted by Crippen LogP contribution is 2.26. The van der Waals surface area contributed by atoms with Crippen molar-refractivity contribution in [3.63, 3.8) is 0 Å². The SMILES string of the molecule is Cl.Cl.N=C(N)c1ccc2c(c1)[nH]c1cc(C(=N)N)ccc12. The van der Waals surface area contributed by atoms with Crippen LogP contribution in [0.4, 0.5) is 0 Å². The zero-order chi connectivity index (χ0) is 13.6. The van der Waals surface area contributed by atoms with E-state index in [0.29, 0.717) is 11.1 Å². The van der Waals surface area contributed by atoms with Gasteiger partial charge in [0.25, 0.3) is 0 Å². The highest BCUT2D eigenvalue weighted by atomic mass is 35.5. The molecule has 0 atom stereocenters. The number of amidine groups is 2. The molecule has 0 unspecified atom stereocenters. The molecule has 21 heavy (non-hydrogen) atoms. The van der Waals surface area contributed by atoms with Crippen LogP contribution in [0.1, 0.15) is 11.1 Å². The number of nitrogens with two attached hydrogens (primary N) is 2. The van der Waals surface area contributed by atoms with Gasteiger partial charge in [0.1, 0.15) is 11.7 Å². The molecule has 110 valence electrons. The predicted octanol–water partition coefficient (Wildman–Crippen LogP) is 2.73. The second-order valence-corrected chi connectivity index (χ2v) is 4.47. The maximum Gasteiger partial charge on any atom is 0.122 e. The third-order valence-corrected chi connectivity index (χ3v) is 3.22. The summed E-state index contributed by atoms with van der Waals surface area (Å²) >= 11 is 0. The first-order chi connectivity index (χ1) is 9.06. The lowest BCUT2D eigenvalue weighted by Gasteiger charge is -1.98. The minimum absolute atomic E-state index is 0. The molecule has 0 saturated carbocycles. The van der Waals surface area contributed by atoms with Crippen molar-refractivity contribution < 1.29 is 0 Å². The summed E-state index contributed by atoms with van der Waals surface area (Å²) in [6, 6.07) is 11.3. The predicted molar refractivity (Wildman–Crippen MR) is 92.3 cm³/mol. The van der Waals surface area contributed by atoms with Crippen molar-refractivity contribution in [2.45, 2.75) is 0 Å². The number of hydrogen-bond donors (Lipinski definition) is 5. The fraction of sp³-hybridized carbons (Fsp3) is 0. The monoisotopic (exact) mass is 323 g/mol. The summed E-state index contributed by atoms with van der Waals surface area (Å²) in [5, 5.41) is 17.0. The number of benzene rings is 2. The number of halogens is 2. The topological polar surface area (TPSA) is 116 Å². The minimum atomic E-state index is 0. The van der Waals surface area contributed by atoms with Crippen LogP contribution in [0.2, 0.25) is 0 Å². The maximum atomic E-state index is 7.45. The molecule has 7 N–H and O–H groups in total. The lowest BCUT2D eigenvalue weighted by molar-refractivity contribution is 1.42. The van der Waals surface area contributed by atoms with Gasteiger partial charge in [0.2, 0.25) is 0 Å².